The van der Waals surface area contributed by atoms with Gasteiger partial charge in [-0.25, -0.2) is 40.7 Å². The van der Waals surface area contributed by atoms with Gasteiger partial charge in [0.1, 0.15) is 61.2 Å². The molecule has 0 aliphatic heterocycles. The molecule has 0 radical (unpaired) electrons. The number of hydrogen-bond acceptors (Lipinski definition) is 29. The van der Waals surface area contributed by atoms with E-state index in [1.165, 1.54) is 47.8 Å². The van der Waals surface area contributed by atoms with Crippen LogP contribution in [0.1, 0.15) is 153 Å². The first kappa shape index (κ1) is 89.7. The Kier molecular flexibility index (Phi) is 27.5. The Labute approximate surface area is 722 Å². The highest BCUT2D eigenvalue weighted by atomic mass is 35.5. The summed E-state index contributed by atoms with van der Waals surface area (Å²) in [6.45, 7) is 23.7. The number of furan rings is 4. The van der Waals surface area contributed by atoms with Crippen LogP contribution in [-0.4, -0.2) is 110 Å². The molecule has 0 aliphatic carbocycles. The summed E-state index contributed by atoms with van der Waals surface area (Å²) in [7, 11) is 0. The Morgan fingerprint density at radius 1 is 0.447 bits per heavy atom. The number of phenols is 4. The van der Waals surface area contributed by atoms with E-state index in [9.17, 15) is 63.9 Å². The van der Waals surface area contributed by atoms with E-state index in [1.807, 2.05) is 18.2 Å². The first-order valence-corrected chi connectivity index (χ1v) is 39.9. The molecule has 0 amide bonds. The van der Waals surface area contributed by atoms with E-state index in [1.54, 1.807) is 212 Å². The maximum absolute atomic E-state index is 13.2. The number of phenolic OH excluding ortho intramolecular Hbond substituents is 4. The predicted molar refractivity (Wildman–Crippen MR) is 469 cm³/mol. The van der Waals surface area contributed by atoms with Gasteiger partial charge in [-0.2, -0.15) is 13.5 Å². The third-order valence-electron chi connectivity index (χ3n) is 17.0. The number of aromatic hydroxyl groups is 4. The molecule has 630 valence electrons. The zero-order chi connectivity index (χ0) is 87.8. The lowest BCUT2D eigenvalue weighted by Crippen LogP contribution is -2.24. The normalized spacial score (nSPS) is 11.2. The summed E-state index contributed by atoms with van der Waals surface area (Å²) in [5, 5.41) is 56.8. The van der Waals surface area contributed by atoms with Crippen molar-refractivity contribution < 1.29 is 109 Å². The molecule has 123 heavy (non-hydrogen) atoms. The van der Waals surface area contributed by atoms with Gasteiger partial charge in [0.15, 0.2) is 73.6 Å². The van der Waals surface area contributed by atoms with Crippen molar-refractivity contribution in [3.8, 4) is 57.0 Å². The second-order valence-corrected chi connectivity index (χ2v) is 32.9. The highest BCUT2D eigenvalue weighted by molar-refractivity contribution is 7.59. The minimum Gasteiger partial charge on any atom is -0.504 e. The van der Waals surface area contributed by atoms with Gasteiger partial charge in [-0.05, 0) is 159 Å². The van der Waals surface area contributed by atoms with Crippen LogP contribution < -0.4 is 5.73 Å². The van der Waals surface area contributed by atoms with Crippen molar-refractivity contribution in [2.24, 2.45) is 0 Å². The van der Waals surface area contributed by atoms with Crippen LogP contribution in [0.25, 0.3) is 116 Å². The number of ether oxygens (including phenoxy) is 3. The molecule has 0 bridgehead atoms. The molecule has 0 spiro atoms. The van der Waals surface area contributed by atoms with Crippen LogP contribution in [0.5, 0.6) is 23.0 Å². The van der Waals surface area contributed by atoms with Crippen LogP contribution >= 0.6 is 59.1 Å². The van der Waals surface area contributed by atoms with Gasteiger partial charge in [-0.1, -0.05) is 84.9 Å². The molecule has 0 unspecified atom stereocenters. The molecule has 17 aromatic rings. The van der Waals surface area contributed by atoms with Crippen molar-refractivity contribution in [3.05, 3.63) is 247 Å². The number of Topliss-reactive ketones (excluding diaryl/α,β-unsaturated/α-hetero) is 3. The lowest BCUT2D eigenvalue weighted by atomic mass is 10.0. The van der Waals surface area contributed by atoms with Crippen molar-refractivity contribution in [2.45, 2.75) is 98.9 Å². The highest BCUT2D eigenvalue weighted by Gasteiger charge is 2.32. The van der Waals surface area contributed by atoms with Crippen molar-refractivity contribution >= 4 is 188 Å². The number of aromatic nitrogens is 3. The number of benzene rings is 7. The van der Waals surface area contributed by atoms with Gasteiger partial charge in [0.05, 0.1) is 24.0 Å². The van der Waals surface area contributed by atoms with E-state index < -0.39 is 51.7 Å². The Hall–Kier alpha value is -14.1. The number of carbonyl (C=O) groups is 8. The number of ketones is 3. The number of halogens is 1. The third-order valence-corrected chi connectivity index (χ3v) is 20.0. The zero-order valence-corrected chi connectivity index (χ0v) is 71.3. The van der Waals surface area contributed by atoms with Gasteiger partial charge < -0.3 is 81.2 Å². The topological polar surface area (TPSA) is 426 Å². The van der Waals surface area contributed by atoms with Crippen LogP contribution in [0.15, 0.2) is 217 Å². The number of aromatic carboxylic acids is 1. The molecule has 17 rings (SSSR count). The van der Waals surface area contributed by atoms with Crippen LogP contribution in [0.4, 0.5) is 5.00 Å². The molecule has 0 saturated heterocycles. The number of carboxylic acids is 1. The van der Waals surface area contributed by atoms with Crippen LogP contribution in [-0.2, 0) is 31.8 Å². The Balaban J connectivity index is 0.000000151. The van der Waals surface area contributed by atoms with Gasteiger partial charge in [0.2, 0.25) is 11.6 Å². The molecule has 28 nitrogen and oxygen atoms in total. The summed E-state index contributed by atoms with van der Waals surface area (Å²) in [6, 6.07) is 48.1. The Morgan fingerprint density at radius 2 is 0.789 bits per heavy atom. The second-order valence-electron chi connectivity index (χ2n) is 29.7. The fourth-order valence-electron chi connectivity index (χ4n) is 11.9. The number of oxazole rings is 3. The first-order valence-electron chi connectivity index (χ1n) is 36.9. The molecule has 7 N–H and O–H groups in total. The van der Waals surface area contributed by atoms with Crippen LogP contribution in [0.2, 0.25) is 0 Å². The van der Waals surface area contributed by atoms with Gasteiger partial charge >= 0.3 is 35.7 Å². The fraction of sp³-hybridized carbons (Fsp3) is 0.178. The zero-order valence-electron chi connectivity index (χ0n) is 67.1. The summed E-state index contributed by atoms with van der Waals surface area (Å²) < 4.78 is 54.5. The third kappa shape index (κ3) is 21.7. The number of esters is 3. The number of carboxylic acid groups (broad SMARTS) is 1. The number of rotatable bonds is 15. The van der Waals surface area contributed by atoms with Crippen molar-refractivity contribution in [1.82, 2.24) is 15.0 Å². The number of hydrogen-bond donors (Lipinski definition) is 6. The second kappa shape index (κ2) is 37.7. The summed E-state index contributed by atoms with van der Waals surface area (Å²) in [5.74, 6) is -2.18. The number of nitrogen functional groups attached to an aromatic ring is 1. The van der Waals surface area contributed by atoms with E-state index in [0.29, 0.717) is 115 Å². The lowest BCUT2D eigenvalue weighted by Gasteiger charge is -2.20. The Morgan fingerprint density at radius 3 is 1.15 bits per heavy atom. The smallest absolute Gasteiger partial charge is 0.387 e. The maximum atomic E-state index is 13.2. The van der Waals surface area contributed by atoms with Crippen molar-refractivity contribution in [2.75, 3.05) is 12.3 Å². The van der Waals surface area contributed by atoms with E-state index in [4.69, 9.17) is 69.0 Å². The Bertz CT molecular complexity index is 6790. The van der Waals surface area contributed by atoms with Gasteiger partial charge in [-0.15, -0.1) is 34.0 Å². The average Bonchev–Trinajstić information content (AvgIpc) is 1.63. The molecule has 10 heterocycles. The van der Waals surface area contributed by atoms with Crippen molar-refractivity contribution in [3.63, 3.8) is 0 Å². The molecular weight excluding hydrogens is 1680 g/mol. The summed E-state index contributed by atoms with van der Waals surface area (Å²) in [5.41, 5.74) is 10.8. The van der Waals surface area contributed by atoms with Gasteiger partial charge in [0.25, 0.3) is 17.7 Å². The largest absolute Gasteiger partial charge is 0.504 e. The monoisotopic (exact) mass is 1760 g/mol. The van der Waals surface area contributed by atoms with Gasteiger partial charge in [-0.3, -0.25) is 19.2 Å². The quantitative estimate of drug-likeness (QED) is 0.0182. The first-order chi connectivity index (χ1) is 57.9. The predicted octanol–water partition coefficient (Wildman–Crippen LogP) is 21.8. The van der Waals surface area contributed by atoms with E-state index in [0.717, 1.165) is 22.1 Å². The SMILES string of the molecule is CC(=O)c1cc2cccc(O)c2o1.CC(C)(C)OC(=O)c1c(-c2cc3cccc(O)c3o2)csc1CC(=O)c1nc2ccccc2o1.CC(C)(C)OC(=O)c1c(-c2cc3cccc(O)c3o2)csc1N.O=C(Cc1scc(-c2cc3cccc(O)c3o2)c1C(=O)O)c1nc2ccccc2o1.O=C(Cl)c1nc2ccccc2o1.S.[C-]#[N+]CC(=O)OC(C)(C)C. The number of para-hydroxylation sites is 10. The minimum absolute atomic E-state index is 0. The number of anilines is 1. The lowest BCUT2D eigenvalue weighted by molar-refractivity contribution is -0.152. The molecule has 7 aromatic carbocycles. The number of thiophene rings is 3. The van der Waals surface area contributed by atoms with E-state index in [-0.39, 0.29) is 108 Å². The molecule has 0 fully saturated rings. The summed E-state index contributed by atoms with van der Waals surface area (Å²) >= 11 is 8.83. The van der Waals surface area contributed by atoms with Crippen molar-refractivity contribution in [1.29, 1.82) is 0 Å². The van der Waals surface area contributed by atoms with Crippen LogP contribution in [0.3, 0.4) is 0 Å². The van der Waals surface area contributed by atoms with E-state index >= 15 is 0 Å². The number of nitrogens with zero attached hydrogens (tertiary/aromatic N) is 4. The minimum atomic E-state index is -1.17. The molecule has 0 saturated carbocycles. The number of fused-ring (bicyclic) bond motifs is 7. The average molecular weight is 1760 g/mol. The molecule has 33 heteroatoms. The fourth-order valence-corrected chi connectivity index (χ4v) is 14.8. The van der Waals surface area contributed by atoms with Crippen LogP contribution in [0, 0.1) is 6.57 Å². The molecule has 0 aliphatic rings. The number of nitrogens with two attached hydrogens (primary N) is 1. The standard InChI is InChI=1S/C26H21NO6S.C22H13NO6S.C17H17NO4S.C10H8O3.C8H4ClNO2.C7H11NO2.H2S/c1-26(2,3)33-25(30)22-15(20-11-14-7-6-9-17(28)23(14)31-20)13-34-21(22)12-18(29)24-27-16-8-4-5-10-19(16)32-24;24-14-6-3-4-11-8-17(28-20(11)14)12-10-30-18(19(12)22(26)27)9-15(25)21-23-13-5-1-2-7-16(13)29-21;1-17(2,3)22-16(20)13-10(8-23-15(13)18)12-7-9-5-4-6-11(19)14(9)21-12;1-6(11)9-5-7-3-2-4-8(12)10(7)13-9;9-7(11)8-10-5-3-1-2-4-6(5)12-8;1-7(2,3)10-6(9)5-8-4;/h4-11,13,28H,12H2,1-3H3;1-8,10,24H,9H2,(H,26,27);4-8,19H,18H2,1-3H3;2-5,12H,1H3;1-4H;5H2,1-3H3;1H2. The molecule has 0 atom stereocenters. The van der Waals surface area contributed by atoms with E-state index in [2.05, 4.69) is 19.8 Å². The highest BCUT2D eigenvalue weighted by Crippen LogP contribution is 2.43. The molecule has 10 aromatic heterocycles. The summed E-state index contributed by atoms with van der Waals surface area (Å²) in [4.78, 5) is 112. The van der Waals surface area contributed by atoms with Gasteiger partial charge in [0, 0.05) is 71.1 Å². The molecular formula is C90H76ClN5O23S4. The number of carbonyl (C=O) groups excluding carboxylic acids is 7. The maximum Gasteiger partial charge on any atom is 0.387 e. The summed E-state index contributed by atoms with van der Waals surface area (Å²) in [6.07, 6.45) is -0.248.